The largest absolute Gasteiger partial charge is 0.357 e. The first-order valence-electron chi connectivity index (χ1n) is 8.95. The summed E-state index contributed by atoms with van der Waals surface area (Å²) < 4.78 is 0. The second kappa shape index (κ2) is 10.8. The molecule has 0 spiro atoms. The highest BCUT2D eigenvalue weighted by Crippen LogP contribution is 2.13. The predicted octanol–water partition coefficient (Wildman–Crippen LogP) is 3.35. The van der Waals surface area contributed by atoms with Gasteiger partial charge in [0, 0.05) is 50.3 Å². The van der Waals surface area contributed by atoms with Crippen LogP contribution in [0.15, 0.2) is 41.5 Å². The summed E-state index contributed by atoms with van der Waals surface area (Å²) in [6.45, 7) is 10.9. The molecule has 0 saturated carbocycles. The maximum atomic E-state index is 4.79. The van der Waals surface area contributed by atoms with Crippen molar-refractivity contribution in [2.45, 2.75) is 26.9 Å². The van der Waals surface area contributed by atoms with Gasteiger partial charge in [0.15, 0.2) is 5.96 Å². The quantitative estimate of drug-likeness (QED) is 0.401. The number of rotatable bonds is 5. The number of aryl methyl sites for hydroxylation is 1. The van der Waals surface area contributed by atoms with Gasteiger partial charge in [-0.1, -0.05) is 30.3 Å². The molecule has 0 amide bonds. The first-order chi connectivity index (χ1) is 12.2. The molecule has 3 rings (SSSR count). The van der Waals surface area contributed by atoms with Gasteiger partial charge in [-0.2, -0.15) is 0 Å². The standard InChI is InChI=1S/C19H27N5S.HI/c1-3-20-19(22-14-18-21-13-16(2)25-18)24-11-9-23(10-12-24)15-17-7-5-4-6-8-17;/h4-8,13H,3,9-12,14-15H2,1-2H3,(H,20,22);1H. The lowest BCUT2D eigenvalue weighted by Gasteiger charge is -2.36. The van der Waals surface area contributed by atoms with E-state index in [0.29, 0.717) is 6.54 Å². The van der Waals surface area contributed by atoms with E-state index in [2.05, 4.69) is 64.3 Å². The number of piperazine rings is 1. The Balaban J connectivity index is 0.00000243. The summed E-state index contributed by atoms with van der Waals surface area (Å²) >= 11 is 1.72. The van der Waals surface area contributed by atoms with Crippen LogP contribution in [0.4, 0.5) is 0 Å². The minimum atomic E-state index is 0. The lowest BCUT2D eigenvalue weighted by molar-refractivity contribution is 0.172. The van der Waals surface area contributed by atoms with Gasteiger partial charge >= 0.3 is 0 Å². The van der Waals surface area contributed by atoms with Crippen LogP contribution in [0.5, 0.6) is 0 Å². The number of hydrogen-bond acceptors (Lipinski definition) is 4. The molecule has 26 heavy (non-hydrogen) atoms. The maximum Gasteiger partial charge on any atom is 0.194 e. The summed E-state index contributed by atoms with van der Waals surface area (Å²) in [4.78, 5) is 15.3. The van der Waals surface area contributed by atoms with E-state index >= 15 is 0 Å². The summed E-state index contributed by atoms with van der Waals surface area (Å²) in [5.41, 5.74) is 1.38. The fourth-order valence-corrected chi connectivity index (χ4v) is 3.71. The zero-order valence-corrected chi connectivity index (χ0v) is 18.7. The molecule has 1 aliphatic rings. The van der Waals surface area contributed by atoms with Crippen LogP contribution in [0.2, 0.25) is 0 Å². The van der Waals surface area contributed by atoms with Crippen molar-refractivity contribution in [3.8, 4) is 0 Å². The summed E-state index contributed by atoms with van der Waals surface area (Å²) in [6.07, 6.45) is 1.92. The third-order valence-corrected chi connectivity index (χ3v) is 5.19. The molecule has 7 heteroatoms. The van der Waals surface area contributed by atoms with Crippen molar-refractivity contribution in [2.75, 3.05) is 32.7 Å². The highest BCUT2D eigenvalue weighted by Gasteiger charge is 2.19. The smallest absolute Gasteiger partial charge is 0.194 e. The Morgan fingerprint density at radius 1 is 1.19 bits per heavy atom. The third-order valence-electron chi connectivity index (χ3n) is 4.29. The van der Waals surface area contributed by atoms with E-state index < -0.39 is 0 Å². The van der Waals surface area contributed by atoms with Gasteiger partial charge in [0.05, 0.1) is 6.54 Å². The van der Waals surface area contributed by atoms with Crippen molar-refractivity contribution in [1.82, 2.24) is 20.1 Å². The predicted molar refractivity (Wildman–Crippen MR) is 120 cm³/mol. The Hall–Kier alpha value is -1.19. The molecular weight excluding hydrogens is 457 g/mol. The summed E-state index contributed by atoms with van der Waals surface area (Å²) in [7, 11) is 0. The van der Waals surface area contributed by atoms with E-state index in [1.807, 2.05) is 6.20 Å². The van der Waals surface area contributed by atoms with Crippen molar-refractivity contribution in [2.24, 2.45) is 4.99 Å². The van der Waals surface area contributed by atoms with Crippen LogP contribution in [-0.2, 0) is 13.1 Å². The van der Waals surface area contributed by atoms with E-state index in [1.54, 1.807) is 11.3 Å². The second-order valence-electron chi connectivity index (χ2n) is 6.28. The topological polar surface area (TPSA) is 43.8 Å². The highest BCUT2D eigenvalue weighted by atomic mass is 127. The van der Waals surface area contributed by atoms with Gasteiger partial charge in [-0.15, -0.1) is 35.3 Å². The average molecular weight is 485 g/mol. The van der Waals surface area contributed by atoms with Crippen molar-refractivity contribution in [3.05, 3.63) is 52.0 Å². The van der Waals surface area contributed by atoms with E-state index in [-0.39, 0.29) is 24.0 Å². The summed E-state index contributed by atoms with van der Waals surface area (Å²) in [5, 5.41) is 4.51. The molecule has 1 aromatic heterocycles. The van der Waals surface area contributed by atoms with Gasteiger partial charge in [0.1, 0.15) is 5.01 Å². The molecule has 5 nitrogen and oxygen atoms in total. The normalized spacial score (nSPS) is 15.6. The Morgan fingerprint density at radius 2 is 1.92 bits per heavy atom. The first-order valence-corrected chi connectivity index (χ1v) is 9.77. The highest BCUT2D eigenvalue weighted by molar-refractivity contribution is 14.0. The SMILES string of the molecule is CCNC(=NCc1ncc(C)s1)N1CCN(Cc2ccccc2)CC1.I. The molecule has 0 aliphatic carbocycles. The van der Waals surface area contributed by atoms with Gasteiger partial charge in [-0.25, -0.2) is 9.98 Å². The van der Waals surface area contributed by atoms with Crippen LogP contribution >= 0.6 is 35.3 Å². The van der Waals surface area contributed by atoms with Crippen molar-refractivity contribution in [1.29, 1.82) is 0 Å². The van der Waals surface area contributed by atoms with E-state index in [4.69, 9.17) is 4.99 Å². The molecule has 0 atom stereocenters. The Bertz CT molecular complexity index is 680. The van der Waals surface area contributed by atoms with Gasteiger partial charge < -0.3 is 10.2 Å². The summed E-state index contributed by atoms with van der Waals surface area (Å²) in [6, 6.07) is 10.7. The molecule has 2 aromatic rings. The Morgan fingerprint density at radius 3 is 2.54 bits per heavy atom. The van der Waals surface area contributed by atoms with E-state index in [1.165, 1.54) is 10.4 Å². The van der Waals surface area contributed by atoms with Crippen LogP contribution in [0, 0.1) is 6.92 Å². The minimum absolute atomic E-state index is 0. The molecule has 1 saturated heterocycles. The molecule has 1 N–H and O–H groups in total. The molecule has 0 unspecified atom stereocenters. The van der Waals surface area contributed by atoms with Crippen LogP contribution < -0.4 is 5.32 Å². The molecule has 1 aromatic carbocycles. The molecule has 1 fully saturated rings. The first kappa shape index (κ1) is 21.1. The molecule has 2 heterocycles. The third kappa shape index (κ3) is 6.21. The number of aromatic nitrogens is 1. The Kier molecular flexibility index (Phi) is 8.80. The number of thiazole rings is 1. The zero-order valence-electron chi connectivity index (χ0n) is 15.5. The Labute approximate surface area is 177 Å². The fourth-order valence-electron chi connectivity index (χ4n) is 3.00. The number of nitrogens with zero attached hydrogens (tertiary/aromatic N) is 4. The van der Waals surface area contributed by atoms with E-state index in [9.17, 15) is 0 Å². The minimum Gasteiger partial charge on any atom is -0.357 e. The molecular formula is C19H28IN5S. The number of halogens is 1. The molecule has 0 radical (unpaired) electrons. The summed E-state index contributed by atoms with van der Waals surface area (Å²) in [5.74, 6) is 1.01. The van der Waals surface area contributed by atoms with Gasteiger partial charge in [0.2, 0.25) is 0 Å². The van der Waals surface area contributed by atoms with Crippen LogP contribution in [0.3, 0.4) is 0 Å². The molecule has 0 bridgehead atoms. The zero-order chi connectivity index (χ0) is 17.5. The average Bonchev–Trinajstić information content (AvgIpc) is 3.06. The molecule has 1 aliphatic heterocycles. The number of nitrogens with one attached hydrogen (secondary N) is 1. The number of hydrogen-bond donors (Lipinski definition) is 1. The fraction of sp³-hybridized carbons (Fsp3) is 0.474. The lowest BCUT2D eigenvalue weighted by Crippen LogP contribution is -2.52. The van der Waals surface area contributed by atoms with Crippen molar-refractivity contribution >= 4 is 41.3 Å². The number of guanidine groups is 1. The van der Waals surface area contributed by atoms with E-state index in [0.717, 1.165) is 50.2 Å². The second-order valence-corrected chi connectivity index (χ2v) is 7.60. The van der Waals surface area contributed by atoms with Gasteiger partial charge in [-0.3, -0.25) is 4.90 Å². The number of aliphatic imine (C=N–C) groups is 1. The van der Waals surface area contributed by atoms with Gasteiger partial charge in [-0.05, 0) is 19.4 Å². The molecule has 142 valence electrons. The maximum absolute atomic E-state index is 4.79. The van der Waals surface area contributed by atoms with Crippen molar-refractivity contribution in [3.63, 3.8) is 0 Å². The van der Waals surface area contributed by atoms with Gasteiger partial charge in [0.25, 0.3) is 0 Å². The monoisotopic (exact) mass is 485 g/mol. The van der Waals surface area contributed by atoms with Crippen LogP contribution in [0.1, 0.15) is 22.4 Å². The number of benzene rings is 1. The lowest BCUT2D eigenvalue weighted by atomic mass is 10.2. The van der Waals surface area contributed by atoms with Crippen LogP contribution in [-0.4, -0.2) is 53.5 Å². The van der Waals surface area contributed by atoms with Crippen LogP contribution in [0.25, 0.3) is 0 Å². The van der Waals surface area contributed by atoms with Crippen molar-refractivity contribution < 1.29 is 0 Å².